The van der Waals surface area contributed by atoms with Crippen LogP contribution >= 0.6 is 0 Å². The lowest BCUT2D eigenvalue weighted by molar-refractivity contribution is -0.122. The number of anilines is 1. The van der Waals surface area contributed by atoms with Crippen molar-refractivity contribution in [3.8, 4) is 0 Å². The molecular formula is C16H26N2O3S. The number of carbonyl (C=O) groups excluding carboxylic acids is 1. The van der Waals surface area contributed by atoms with Crippen LogP contribution in [0.15, 0.2) is 24.3 Å². The number of amides is 1. The number of nitrogens with one attached hydrogen (secondary N) is 1. The van der Waals surface area contributed by atoms with Crippen LogP contribution in [0, 0.1) is 6.92 Å². The van der Waals surface area contributed by atoms with Crippen LogP contribution in [-0.4, -0.2) is 32.7 Å². The van der Waals surface area contributed by atoms with Crippen molar-refractivity contribution in [2.75, 3.05) is 10.6 Å². The topological polar surface area (TPSA) is 66.5 Å². The van der Waals surface area contributed by atoms with Crippen LogP contribution in [0.2, 0.25) is 0 Å². The standard InChI is InChI=1S/C16H26N2O3S/c1-6-13(4)17-16(19)15(7-2)18(22(5,20)21)14-10-8-12(3)9-11-14/h8-11,13,15H,6-7H2,1-5H3,(H,17,19)/t13-,15+/m1/s1. The molecular weight excluding hydrogens is 300 g/mol. The minimum atomic E-state index is -3.56. The number of aryl methyl sites for hydroxylation is 1. The van der Waals surface area contributed by atoms with Gasteiger partial charge in [0.25, 0.3) is 0 Å². The van der Waals surface area contributed by atoms with Crippen LogP contribution in [0.3, 0.4) is 0 Å². The van der Waals surface area contributed by atoms with Gasteiger partial charge in [-0.25, -0.2) is 8.42 Å². The van der Waals surface area contributed by atoms with Gasteiger partial charge in [-0.15, -0.1) is 0 Å². The van der Waals surface area contributed by atoms with Crippen molar-refractivity contribution in [2.45, 2.75) is 52.6 Å². The maximum absolute atomic E-state index is 12.5. The first kappa shape index (κ1) is 18.5. The van der Waals surface area contributed by atoms with E-state index in [1.54, 1.807) is 12.1 Å². The van der Waals surface area contributed by atoms with Crippen molar-refractivity contribution < 1.29 is 13.2 Å². The van der Waals surface area contributed by atoms with Gasteiger partial charge in [0.2, 0.25) is 15.9 Å². The third-order valence-corrected chi connectivity index (χ3v) is 4.80. The van der Waals surface area contributed by atoms with Crippen molar-refractivity contribution in [1.29, 1.82) is 0 Å². The summed E-state index contributed by atoms with van der Waals surface area (Å²) in [6.07, 6.45) is 2.33. The number of benzene rings is 1. The zero-order valence-electron chi connectivity index (χ0n) is 14.0. The van der Waals surface area contributed by atoms with E-state index < -0.39 is 16.1 Å². The third kappa shape index (κ3) is 4.73. The largest absolute Gasteiger partial charge is 0.352 e. The molecule has 1 N–H and O–H groups in total. The molecule has 0 fully saturated rings. The first-order valence-corrected chi connectivity index (χ1v) is 9.42. The summed E-state index contributed by atoms with van der Waals surface area (Å²) >= 11 is 0. The minimum absolute atomic E-state index is 0.0148. The lowest BCUT2D eigenvalue weighted by Gasteiger charge is -2.31. The predicted octanol–water partition coefficient (Wildman–Crippen LogP) is 2.45. The van der Waals surface area contributed by atoms with Crippen molar-refractivity contribution in [3.05, 3.63) is 29.8 Å². The van der Waals surface area contributed by atoms with Crippen LogP contribution in [0.4, 0.5) is 5.69 Å². The lowest BCUT2D eigenvalue weighted by Crippen LogP contribution is -2.51. The minimum Gasteiger partial charge on any atom is -0.352 e. The van der Waals surface area contributed by atoms with Crippen LogP contribution in [0.1, 0.15) is 39.2 Å². The molecule has 1 aromatic carbocycles. The van der Waals surface area contributed by atoms with Crippen molar-refractivity contribution in [2.24, 2.45) is 0 Å². The Morgan fingerprint density at radius 2 is 1.73 bits per heavy atom. The van der Waals surface area contributed by atoms with E-state index in [4.69, 9.17) is 0 Å². The van der Waals surface area contributed by atoms with Gasteiger partial charge in [0.15, 0.2) is 0 Å². The maximum atomic E-state index is 12.5. The van der Waals surface area contributed by atoms with Crippen LogP contribution < -0.4 is 9.62 Å². The SMILES string of the molecule is CC[C@@H](C)NC(=O)[C@H](CC)N(c1ccc(C)cc1)S(C)(=O)=O. The van der Waals surface area contributed by atoms with E-state index >= 15 is 0 Å². The van der Waals surface area contributed by atoms with Gasteiger partial charge in [0.1, 0.15) is 6.04 Å². The first-order valence-electron chi connectivity index (χ1n) is 7.57. The molecule has 5 nitrogen and oxygen atoms in total. The van der Waals surface area contributed by atoms with Gasteiger partial charge in [-0.1, -0.05) is 31.5 Å². The second-order valence-corrected chi connectivity index (χ2v) is 7.50. The van der Waals surface area contributed by atoms with E-state index in [2.05, 4.69) is 5.32 Å². The highest BCUT2D eigenvalue weighted by molar-refractivity contribution is 7.92. The molecule has 2 atom stereocenters. The van der Waals surface area contributed by atoms with Crippen molar-refractivity contribution in [3.63, 3.8) is 0 Å². The molecule has 0 unspecified atom stereocenters. The second kappa shape index (κ2) is 7.63. The molecule has 0 aliphatic carbocycles. The van der Waals surface area contributed by atoms with Crippen molar-refractivity contribution in [1.82, 2.24) is 5.32 Å². The highest BCUT2D eigenvalue weighted by atomic mass is 32.2. The number of hydrogen-bond acceptors (Lipinski definition) is 3. The fourth-order valence-corrected chi connectivity index (χ4v) is 3.40. The Labute approximate surface area is 133 Å². The van der Waals surface area contributed by atoms with E-state index in [1.807, 2.05) is 39.8 Å². The molecule has 0 radical (unpaired) electrons. The summed E-state index contributed by atoms with van der Waals surface area (Å²) in [6, 6.07) is 6.41. The molecule has 22 heavy (non-hydrogen) atoms. The van der Waals surface area contributed by atoms with Gasteiger partial charge in [0, 0.05) is 6.04 Å². The molecule has 0 aromatic heterocycles. The summed E-state index contributed by atoms with van der Waals surface area (Å²) in [5.41, 5.74) is 1.55. The number of rotatable bonds is 7. The molecule has 0 spiro atoms. The van der Waals surface area contributed by atoms with E-state index in [0.717, 1.165) is 18.2 Å². The first-order chi connectivity index (χ1) is 10.2. The van der Waals surface area contributed by atoms with E-state index in [-0.39, 0.29) is 11.9 Å². The molecule has 0 saturated carbocycles. The zero-order chi connectivity index (χ0) is 16.9. The maximum Gasteiger partial charge on any atom is 0.244 e. The Balaban J connectivity index is 3.19. The van der Waals surface area contributed by atoms with E-state index in [1.165, 1.54) is 4.31 Å². The third-order valence-electron chi connectivity index (χ3n) is 3.62. The molecule has 1 amide bonds. The van der Waals surface area contributed by atoms with Crippen LogP contribution in [-0.2, 0) is 14.8 Å². The fourth-order valence-electron chi connectivity index (χ4n) is 2.19. The Morgan fingerprint density at radius 3 is 2.14 bits per heavy atom. The molecule has 1 aromatic rings. The summed E-state index contributed by atoms with van der Waals surface area (Å²) in [7, 11) is -3.56. The Morgan fingerprint density at radius 1 is 1.18 bits per heavy atom. The number of hydrogen-bond donors (Lipinski definition) is 1. The molecule has 6 heteroatoms. The normalized spacial score (nSPS) is 14.2. The number of carbonyl (C=O) groups is 1. The smallest absolute Gasteiger partial charge is 0.244 e. The van der Waals surface area contributed by atoms with Gasteiger partial charge in [0.05, 0.1) is 11.9 Å². The molecule has 0 aliphatic heterocycles. The van der Waals surface area contributed by atoms with Gasteiger partial charge in [-0.05, 0) is 38.8 Å². The van der Waals surface area contributed by atoms with Gasteiger partial charge < -0.3 is 5.32 Å². The Bertz CT molecular complexity index is 596. The monoisotopic (exact) mass is 326 g/mol. The Kier molecular flexibility index (Phi) is 6.41. The Hall–Kier alpha value is -1.56. The highest BCUT2D eigenvalue weighted by Crippen LogP contribution is 2.23. The lowest BCUT2D eigenvalue weighted by atomic mass is 10.1. The van der Waals surface area contributed by atoms with Gasteiger partial charge in [-0.3, -0.25) is 9.10 Å². The van der Waals surface area contributed by atoms with Crippen molar-refractivity contribution >= 4 is 21.6 Å². The van der Waals surface area contributed by atoms with Gasteiger partial charge >= 0.3 is 0 Å². The summed E-state index contributed by atoms with van der Waals surface area (Å²) < 4.78 is 25.7. The average molecular weight is 326 g/mol. The predicted molar refractivity (Wildman–Crippen MR) is 90.5 cm³/mol. The molecule has 0 aliphatic rings. The zero-order valence-corrected chi connectivity index (χ0v) is 14.8. The molecule has 124 valence electrons. The van der Waals surface area contributed by atoms with E-state index in [0.29, 0.717) is 12.1 Å². The van der Waals surface area contributed by atoms with E-state index in [9.17, 15) is 13.2 Å². The second-order valence-electron chi connectivity index (χ2n) is 5.64. The molecule has 0 bridgehead atoms. The molecule has 0 heterocycles. The fraction of sp³-hybridized carbons (Fsp3) is 0.562. The summed E-state index contributed by atoms with van der Waals surface area (Å²) in [5.74, 6) is -0.261. The highest BCUT2D eigenvalue weighted by Gasteiger charge is 2.31. The summed E-state index contributed by atoms with van der Waals surface area (Å²) in [5, 5.41) is 2.87. The average Bonchev–Trinajstić information content (AvgIpc) is 2.44. The van der Waals surface area contributed by atoms with Crippen LogP contribution in [0.5, 0.6) is 0 Å². The molecule has 1 rings (SSSR count). The summed E-state index contributed by atoms with van der Waals surface area (Å²) in [4.78, 5) is 12.5. The number of sulfonamides is 1. The van der Waals surface area contributed by atoms with Crippen LogP contribution in [0.25, 0.3) is 0 Å². The summed E-state index contributed by atoms with van der Waals surface area (Å²) in [6.45, 7) is 7.62. The van der Waals surface area contributed by atoms with Gasteiger partial charge in [-0.2, -0.15) is 0 Å². The quantitative estimate of drug-likeness (QED) is 0.837. The number of nitrogens with zero attached hydrogens (tertiary/aromatic N) is 1. The molecule has 0 saturated heterocycles.